The van der Waals surface area contributed by atoms with Crippen LogP contribution in [0.15, 0.2) is 18.2 Å². The molecule has 12 nitrogen and oxygen atoms in total. The normalized spacial score (nSPS) is 15.5. The lowest BCUT2D eigenvalue weighted by Crippen LogP contribution is -2.43. The third-order valence-electron chi connectivity index (χ3n) is 6.93. The molecule has 2 aromatic carbocycles. The Morgan fingerprint density at radius 3 is 2.28 bits per heavy atom. The number of likely N-dealkylation sites (N-methyl/N-ethyl adjacent to an activating group) is 1. The number of carbonyl (C=O) groups excluding carboxylic acids is 5. The average Bonchev–Trinajstić information content (AvgIpc) is 2.94. The summed E-state index contributed by atoms with van der Waals surface area (Å²) in [5.74, 6) is -3.39. The Bertz CT molecular complexity index is 1370. The van der Waals surface area contributed by atoms with Gasteiger partial charge in [0.15, 0.2) is 5.78 Å². The lowest BCUT2D eigenvalue weighted by molar-refractivity contribution is -0.126. The van der Waals surface area contributed by atoms with Crippen LogP contribution in [0.5, 0.6) is 17.2 Å². The molecule has 2 aliphatic carbocycles. The number of aromatic hydroxyl groups is 2. The number of phenols is 2. The van der Waals surface area contributed by atoms with E-state index in [0.717, 1.165) is 0 Å². The Morgan fingerprint density at radius 2 is 1.56 bits per heavy atom. The molecule has 0 saturated carbocycles. The maximum absolute atomic E-state index is 13.3. The summed E-state index contributed by atoms with van der Waals surface area (Å²) in [6, 6.07) is 4.57. The number of fused-ring (bicyclic) bond motifs is 3. The Hall–Kier alpha value is -4.45. The van der Waals surface area contributed by atoms with Gasteiger partial charge in [0.2, 0.25) is 23.5 Å². The number of benzene rings is 2. The minimum atomic E-state index is -0.615. The van der Waals surface area contributed by atoms with Gasteiger partial charge in [-0.15, -0.1) is 0 Å². The highest BCUT2D eigenvalue weighted by Crippen LogP contribution is 2.47. The van der Waals surface area contributed by atoms with Gasteiger partial charge in [0.1, 0.15) is 17.2 Å². The molecule has 4 rings (SSSR count). The first-order valence-corrected chi connectivity index (χ1v) is 12.5. The molecule has 0 aromatic heterocycles. The van der Waals surface area contributed by atoms with Gasteiger partial charge in [-0.1, -0.05) is 12.1 Å². The van der Waals surface area contributed by atoms with Crippen LogP contribution >= 0.6 is 0 Å². The van der Waals surface area contributed by atoms with Gasteiger partial charge < -0.3 is 36.2 Å². The summed E-state index contributed by atoms with van der Waals surface area (Å²) in [6.45, 7) is 0.205. The van der Waals surface area contributed by atoms with E-state index in [1.165, 1.54) is 13.2 Å². The van der Waals surface area contributed by atoms with Crippen molar-refractivity contribution in [3.63, 3.8) is 0 Å². The minimum Gasteiger partial charge on any atom is -0.507 e. The van der Waals surface area contributed by atoms with Crippen molar-refractivity contribution in [3.8, 4) is 17.2 Å². The third kappa shape index (κ3) is 5.28. The standard InChI is InChI=1S/C27H30N4O8/c1-28-11-18(32)31-12-19(33)29-8-9-30-27(38)13-6-7-14-16(10-13)25(36)21-22(23(14)34)26(37)20-15(24(21)35)4-3-5-17(20)39-2/h3-5,13,28,34,36H,6-12H2,1-2H3,(H,29,33)(H,30,38)(H,31,32). The van der Waals surface area contributed by atoms with Crippen molar-refractivity contribution in [1.82, 2.24) is 21.3 Å². The van der Waals surface area contributed by atoms with Gasteiger partial charge in [-0.3, -0.25) is 24.0 Å². The van der Waals surface area contributed by atoms with E-state index in [0.29, 0.717) is 12.0 Å². The third-order valence-corrected chi connectivity index (χ3v) is 6.93. The summed E-state index contributed by atoms with van der Waals surface area (Å²) in [5.41, 5.74) is 0.165. The van der Waals surface area contributed by atoms with Crippen LogP contribution in [0.1, 0.15) is 49.4 Å². The fraction of sp³-hybridized carbons (Fsp3) is 0.370. The summed E-state index contributed by atoms with van der Waals surface area (Å²) in [6.07, 6.45) is 0.615. The van der Waals surface area contributed by atoms with Crippen LogP contribution in [-0.4, -0.2) is 79.8 Å². The van der Waals surface area contributed by atoms with Crippen molar-refractivity contribution >= 4 is 29.3 Å². The summed E-state index contributed by atoms with van der Waals surface area (Å²) in [7, 11) is 2.99. The molecule has 0 saturated heterocycles. The largest absolute Gasteiger partial charge is 0.507 e. The van der Waals surface area contributed by atoms with E-state index < -0.39 is 29.1 Å². The Morgan fingerprint density at radius 1 is 0.897 bits per heavy atom. The number of rotatable bonds is 9. The molecule has 0 aliphatic heterocycles. The molecule has 206 valence electrons. The summed E-state index contributed by atoms with van der Waals surface area (Å²) < 4.78 is 5.25. The van der Waals surface area contributed by atoms with Crippen LogP contribution in [0.3, 0.4) is 0 Å². The predicted molar refractivity (Wildman–Crippen MR) is 138 cm³/mol. The second-order valence-corrected chi connectivity index (χ2v) is 9.33. The number of ketones is 2. The lowest BCUT2D eigenvalue weighted by Gasteiger charge is -2.29. The molecule has 2 aliphatic rings. The molecular formula is C27H30N4O8. The van der Waals surface area contributed by atoms with E-state index in [-0.39, 0.29) is 90.2 Å². The van der Waals surface area contributed by atoms with E-state index in [1.807, 2.05) is 0 Å². The van der Waals surface area contributed by atoms with E-state index >= 15 is 0 Å². The monoisotopic (exact) mass is 538 g/mol. The molecular weight excluding hydrogens is 508 g/mol. The maximum Gasteiger partial charge on any atom is 0.239 e. The number of hydrogen-bond acceptors (Lipinski definition) is 9. The molecule has 0 fully saturated rings. The minimum absolute atomic E-state index is 0.0349. The van der Waals surface area contributed by atoms with Gasteiger partial charge in [0.05, 0.1) is 36.9 Å². The molecule has 6 N–H and O–H groups in total. The number of phenolic OH excluding ortho intramolecular Hbond substituents is 2. The molecule has 1 unspecified atom stereocenters. The fourth-order valence-corrected chi connectivity index (χ4v) is 5.03. The van der Waals surface area contributed by atoms with Crippen LogP contribution in [-0.2, 0) is 27.2 Å². The van der Waals surface area contributed by atoms with Crippen molar-refractivity contribution in [2.45, 2.75) is 19.3 Å². The first kappa shape index (κ1) is 27.6. The van der Waals surface area contributed by atoms with Gasteiger partial charge in [0, 0.05) is 35.7 Å². The molecule has 0 bridgehead atoms. The highest BCUT2D eigenvalue weighted by molar-refractivity contribution is 6.31. The van der Waals surface area contributed by atoms with Crippen molar-refractivity contribution in [2.75, 3.05) is 40.3 Å². The number of nitrogens with one attached hydrogen (secondary N) is 4. The number of methoxy groups -OCH3 is 1. The van der Waals surface area contributed by atoms with Gasteiger partial charge >= 0.3 is 0 Å². The highest BCUT2D eigenvalue weighted by atomic mass is 16.5. The molecule has 1 atom stereocenters. The van der Waals surface area contributed by atoms with E-state index in [4.69, 9.17) is 4.74 Å². The Labute approximate surface area is 224 Å². The molecule has 0 heterocycles. The molecule has 39 heavy (non-hydrogen) atoms. The SMILES string of the molecule is CNCC(=O)NCC(=O)NCCNC(=O)C1CCc2c(O)c3c(c(O)c2C1)C(=O)c1cccc(OC)c1C3=O. The number of hydrogen-bond donors (Lipinski definition) is 6. The van der Waals surface area contributed by atoms with Gasteiger partial charge in [-0.2, -0.15) is 0 Å². The molecule has 2 aromatic rings. The van der Waals surface area contributed by atoms with Crippen molar-refractivity contribution in [3.05, 3.63) is 51.6 Å². The molecule has 0 radical (unpaired) electrons. The highest BCUT2D eigenvalue weighted by Gasteiger charge is 2.41. The van der Waals surface area contributed by atoms with E-state index in [2.05, 4.69) is 21.3 Å². The van der Waals surface area contributed by atoms with Crippen LogP contribution in [0, 0.1) is 5.92 Å². The van der Waals surface area contributed by atoms with Crippen molar-refractivity contribution in [1.29, 1.82) is 0 Å². The second kappa shape index (κ2) is 11.5. The zero-order valence-electron chi connectivity index (χ0n) is 21.6. The van der Waals surface area contributed by atoms with Gasteiger partial charge in [0.25, 0.3) is 0 Å². The topological polar surface area (TPSA) is 183 Å². The summed E-state index contributed by atoms with van der Waals surface area (Å²) in [4.78, 5) is 62.7. The summed E-state index contributed by atoms with van der Waals surface area (Å²) >= 11 is 0. The van der Waals surface area contributed by atoms with Crippen molar-refractivity contribution in [2.24, 2.45) is 5.92 Å². The quantitative estimate of drug-likeness (QED) is 0.155. The fourth-order valence-electron chi connectivity index (χ4n) is 5.03. The van der Waals surface area contributed by atoms with Crippen LogP contribution in [0.4, 0.5) is 0 Å². The van der Waals surface area contributed by atoms with Gasteiger partial charge in [-0.05, 0) is 32.4 Å². The van der Waals surface area contributed by atoms with Gasteiger partial charge in [-0.25, -0.2) is 0 Å². The molecule has 12 heteroatoms. The second-order valence-electron chi connectivity index (χ2n) is 9.33. The van der Waals surface area contributed by atoms with E-state index in [9.17, 15) is 34.2 Å². The van der Waals surface area contributed by atoms with Crippen molar-refractivity contribution < 1.29 is 38.9 Å². The number of amides is 3. The lowest BCUT2D eigenvalue weighted by atomic mass is 9.75. The van der Waals surface area contributed by atoms with E-state index in [1.54, 1.807) is 19.2 Å². The molecule has 3 amide bonds. The predicted octanol–water partition coefficient (Wildman–Crippen LogP) is -0.445. The van der Waals surface area contributed by atoms with Crippen LogP contribution in [0.2, 0.25) is 0 Å². The first-order chi connectivity index (χ1) is 18.7. The number of ether oxygens (including phenoxy) is 1. The maximum atomic E-state index is 13.3. The zero-order chi connectivity index (χ0) is 28.3. The molecule has 0 spiro atoms. The van der Waals surface area contributed by atoms with Crippen LogP contribution < -0.4 is 26.0 Å². The smallest absolute Gasteiger partial charge is 0.239 e. The first-order valence-electron chi connectivity index (χ1n) is 12.5. The zero-order valence-corrected chi connectivity index (χ0v) is 21.6. The average molecular weight is 539 g/mol. The Balaban J connectivity index is 1.44. The van der Waals surface area contributed by atoms with Crippen LogP contribution in [0.25, 0.3) is 0 Å². The summed E-state index contributed by atoms with van der Waals surface area (Å²) in [5, 5.41) is 32.6. The Kier molecular flexibility index (Phi) is 8.15. The number of carbonyl (C=O) groups is 5.